The van der Waals surface area contributed by atoms with Crippen LogP contribution in [0.1, 0.15) is 24.0 Å². The van der Waals surface area contributed by atoms with Crippen molar-refractivity contribution in [2.45, 2.75) is 31.5 Å². The number of aromatic nitrogens is 5. The highest BCUT2D eigenvalue weighted by molar-refractivity contribution is 5.72. The van der Waals surface area contributed by atoms with Crippen molar-refractivity contribution in [2.75, 3.05) is 18.0 Å². The number of nitrogens with one attached hydrogen (secondary N) is 1. The standard InChI is InChI=1S/C25H22N8/c26-13-16-1-3-17(4-2-16)18-12-24-25-28-29-30-33(25)22-6-5-20(11-19(22)15-31(24)14-18)32-10-8-21-23(32)7-9-27-21/h1-6,11-12,14,21,23,27H,7-10,15H2/t21-,23+/m1/s1. The van der Waals surface area contributed by atoms with Crippen molar-refractivity contribution in [1.82, 2.24) is 30.1 Å². The molecule has 8 nitrogen and oxygen atoms in total. The van der Waals surface area contributed by atoms with Gasteiger partial charge in [0.15, 0.2) is 0 Å². The Morgan fingerprint density at radius 2 is 1.94 bits per heavy atom. The maximum atomic E-state index is 9.11. The first-order valence-corrected chi connectivity index (χ1v) is 11.4. The van der Waals surface area contributed by atoms with Crippen LogP contribution in [-0.4, -0.2) is 49.9 Å². The number of tetrazole rings is 1. The van der Waals surface area contributed by atoms with Gasteiger partial charge in [0.25, 0.3) is 0 Å². The molecular formula is C25H22N8. The van der Waals surface area contributed by atoms with E-state index in [1.807, 2.05) is 28.9 Å². The first-order chi connectivity index (χ1) is 16.3. The van der Waals surface area contributed by atoms with E-state index < -0.39 is 0 Å². The predicted octanol–water partition coefficient (Wildman–Crippen LogP) is 2.97. The summed E-state index contributed by atoms with van der Waals surface area (Å²) in [6, 6.07) is 19.9. The molecular weight excluding hydrogens is 412 g/mol. The first kappa shape index (κ1) is 18.6. The topological polar surface area (TPSA) is 87.6 Å². The summed E-state index contributed by atoms with van der Waals surface area (Å²) in [7, 11) is 0. The summed E-state index contributed by atoms with van der Waals surface area (Å²) in [5.74, 6) is 0.739. The summed E-state index contributed by atoms with van der Waals surface area (Å²) in [5.41, 5.74) is 7.31. The average molecular weight is 435 g/mol. The van der Waals surface area contributed by atoms with E-state index in [2.05, 4.69) is 66.8 Å². The van der Waals surface area contributed by atoms with Crippen molar-refractivity contribution in [1.29, 1.82) is 5.26 Å². The van der Waals surface area contributed by atoms with E-state index in [1.165, 1.54) is 24.1 Å². The molecule has 3 aliphatic rings. The molecule has 0 saturated carbocycles. The lowest BCUT2D eigenvalue weighted by atomic mass is 10.1. The second-order valence-corrected chi connectivity index (χ2v) is 9.06. The third-order valence-corrected chi connectivity index (χ3v) is 7.30. The van der Waals surface area contributed by atoms with Crippen LogP contribution in [0.25, 0.3) is 28.3 Å². The Bertz CT molecular complexity index is 1410. The molecule has 2 atom stereocenters. The van der Waals surface area contributed by atoms with Crippen LogP contribution in [0.5, 0.6) is 0 Å². The number of nitriles is 1. The number of fused-ring (bicyclic) bond motifs is 6. The fourth-order valence-electron chi connectivity index (χ4n) is 5.69. The largest absolute Gasteiger partial charge is 0.367 e. The maximum Gasteiger partial charge on any atom is 0.203 e. The lowest BCUT2D eigenvalue weighted by Gasteiger charge is -2.26. The van der Waals surface area contributed by atoms with E-state index in [1.54, 1.807) is 0 Å². The Hall–Kier alpha value is -3.96. The molecule has 0 radical (unpaired) electrons. The highest BCUT2D eigenvalue weighted by atomic mass is 15.5. The van der Waals surface area contributed by atoms with Crippen molar-refractivity contribution in [3.8, 4) is 34.4 Å². The summed E-state index contributed by atoms with van der Waals surface area (Å²) in [4.78, 5) is 2.56. The van der Waals surface area contributed by atoms with E-state index in [0.29, 0.717) is 17.6 Å². The van der Waals surface area contributed by atoms with Gasteiger partial charge in [0.1, 0.15) is 0 Å². The molecule has 7 rings (SSSR count). The van der Waals surface area contributed by atoms with Crippen molar-refractivity contribution in [3.05, 3.63) is 65.9 Å². The van der Waals surface area contributed by atoms with Gasteiger partial charge in [-0.25, -0.2) is 0 Å². The molecule has 2 saturated heterocycles. The van der Waals surface area contributed by atoms with Crippen LogP contribution in [0, 0.1) is 11.3 Å². The van der Waals surface area contributed by atoms with Crippen LogP contribution in [0.3, 0.4) is 0 Å². The van der Waals surface area contributed by atoms with E-state index in [9.17, 15) is 0 Å². The van der Waals surface area contributed by atoms with Crippen molar-refractivity contribution < 1.29 is 0 Å². The molecule has 162 valence electrons. The van der Waals surface area contributed by atoms with Gasteiger partial charge < -0.3 is 14.8 Å². The lowest BCUT2D eigenvalue weighted by molar-refractivity contribution is 0.601. The molecule has 2 aromatic carbocycles. The minimum atomic E-state index is 0.586. The Morgan fingerprint density at radius 1 is 1.03 bits per heavy atom. The molecule has 0 bridgehead atoms. The number of benzene rings is 2. The van der Waals surface area contributed by atoms with Gasteiger partial charge in [-0.3, -0.25) is 0 Å². The van der Waals surface area contributed by atoms with Crippen LogP contribution >= 0.6 is 0 Å². The zero-order valence-corrected chi connectivity index (χ0v) is 18.0. The Morgan fingerprint density at radius 3 is 2.82 bits per heavy atom. The quantitative estimate of drug-likeness (QED) is 0.460. The average Bonchev–Trinajstić information content (AvgIpc) is 3.62. The zero-order valence-electron chi connectivity index (χ0n) is 18.0. The molecule has 1 N–H and O–H groups in total. The minimum absolute atomic E-state index is 0.586. The molecule has 8 heteroatoms. The van der Waals surface area contributed by atoms with Gasteiger partial charge in [0.2, 0.25) is 5.82 Å². The fraction of sp³-hybridized carbons (Fsp3) is 0.280. The van der Waals surface area contributed by atoms with E-state index in [4.69, 9.17) is 5.26 Å². The number of nitrogens with zero attached hydrogens (tertiary/aromatic N) is 7. The number of anilines is 1. The normalized spacial score (nSPS) is 20.5. The molecule has 0 unspecified atom stereocenters. The van der Waals surface area contributed by atoms with Crippen molar-refractivity contribution >= 4 is 5.69 Å². The lowest BCUT2D eigenvalue weighted by Crippen LogP contribution is -2.34. The van der Waals surface area contributed by atoms with Gasteiger partial charge in [-0.15, -0.1) is 5.10 Å². The molecule has 2 aromatic heterocycles. The van der Waals surface area contributed by atoms with Gasteiger partial charge in [-0.1, -0.05) is 12.1 Å². The molecule has 0 amide bonds. The maximum absolute atomic E-state index is 9.11. The first-order valence-electron chi connectivity index (χ1n) is 11.4. The predicted molar refractivity (Wildman–Crippen MR) is 124 cm³/mol. The van der Waals surface area contributed by atoms with Gasteiger partial charge >= 0.3 is 0 Å². The highest BCUT2D eigenvalue weighted by Gasteiger charge is 2.37. The second-order valence-electron chi connectivity index (χ2n) is 9.06. The van der Waals surface area contributed by atoms with Gasteiger partial charge in [0.05, 0.1) is 23.0 Å². The molecule has 2 fully saturated rings. The van der Waals surface area contributed by atoms with Crippen molar-refractivity contribution in [2.24, 2.45) is 0 Å². The van der Waals surface area contributed by atoms with Crippen molar-refractivity contribution in [3.63, 3.8) is 0 Å². The molecule has 3 aliphatic heterocycles. The van der Waals surface area contributed by atoms with Crippen LogP contribution in [0.2, 0.25) is 0 Å². The monoisotopic (exact) mass is 434 g/mol. The third kappa shape index (κ3) is 2.82. The number of hydrogen-bond acceptors (Lipinski definition) is 6. The summed E-state index contributed by atoms with van der Waals surface area (Å²) in [5, 5.41) is 25.4. The Balaban J connectivity index is 1.31. The van der Waals surface area contributed by atoms with Gasteiger partial charge in [-0.05, 0) is 77.3 Å². The summed E-state index contributed by atoms with van der Waals surface area (Å²) in [6.45, 7) is 2.94. The second kappa shape index (κ2) is 7.02. The smallest absolute Gasteiger partial charge is 0.203 e. The fourth-order valence-corrected chi connectivity index (χ4v) is 5.69. The summed E-state index contributed by atoms with van der Waals surface area (Å²) < 4.78 is 4.08. The zero-order chi connectivity index (χ0) is 21.9. The highest BCUT2D eigenvalue weighted by Crippen LogP contribution is 2.36. The Kier molecular flexibility index (Phi) is 3.96. The number of rotatable bonds is 2. The third-order valence-electron chi connectivity index (χ3n) is 7.30. The Labute approximate surface area is 191 Å². The minimum Gasteiger partial charge on any atom is -0.367 e. The van der Waals surface area contributed by atoms with Crippen LogP contribution in [-0.2, 0) is 6.54 Å². The van der Waals surface area contributed by atoms with E-state index in [-0.39, 0.29) is 0 Å². The van der Waals surface area contributed by atoms with Gasteiger partial charge in [0, 0.05) is 42.6 Å². The van der Waals surface area contributed by atoms with E-state index >= 15 is 0 Å². The number of hydrogen-bond donors (Lipinski definition) is 1. The molecule has 4 aromatic rings. The molecule has 33 heavy (non-hydrogen) atoms. The molecule has 0 aliphatic carbocycles. The molecule has 5 heterocycles. The SMILES string of the molecule is N#Cc1ccc(-c2cc3n(c2)Cc2cc(N4CC[C@H]5NCC[C@@H]54)ccc2-n2nnnc2-3)cc1. The van der Waals surface area contributed by atoms with Crippen LogP contribution in [0.4, 0.5) is 5.69 Å². The summed E-state index contributed by atoms with van der Waals surface area (Å²) in [6.07, 6.45) is 4.56. The van der Waals surface area contributed by atoms with Crippen LogP contribution < -0.4 is 10.2 Å². The van der Waals surface area contributed by atoms with E-state index in [0.717, 1.165) is 48.0 Å². The molecule has 0 spiro atoms. The van der Waals surface area contributed by atoms with Gasteiger partial charge in [-0.2, -0.15) is 9.94 Å². The summed E-state index contributed by atoms with van der Waals surface area (Å²) >= 11 is 0. The van der Waals surface area contributed by atoms with Crippen LogP contribution in [0.15, 0.2) is 54.7 Å².